The molecule has 0 spiro atoms. The van der Waals surface area contributed by atoms with Gasteiger partial charge in [-0.25, -0.2) is 14.1 Å². The van der Waals surface area contributed by atoms with E-state index in [1.54, 1.807) is 31.2 Å². The number of anilines is 1. The second-order valence-corrected chi connectivity index (χ2v) is 5.34. The molecule has 0 saturated carbocycles. The minimum atomic E-state index is -0.465. The molecule has 116 valence electrons. The molecule has 3 rings (SSSR count). The number of hydrogen-bond acceptors (Lipinski definition) is 3. The Morgan fingerprint density at radius 3 is 2.65 bits per heavy atom. The number of aromatic nitrogens is 3. The van der Waals surface area contributed by atoms with Crippen LogP contribution in [0.4, 0.5) is 10.1 Å². The van der Waals surface area contributed by atoms with Crippen LogP contribution in [0.1, 0.15) is 16.2 Å². The first-order chi connectivity index (χ1) is 11.0. The summed E-state index contributed by atoms with van der Waals surface area (Å²) in [6.07, 6.45) is 1.44. The van der Waals surface area contributed by atoms with Crippen molar-refractivity contribution in [3.05, 3.63) is 71.0 Å². The smallest absolute Gasteiger partial charge is 0.295 e. The summed E-state index contributed by atoms with van der Waals surface area (Å²) in [6, 6.07) is 11.1. The summed E-state index contributed by atoms with van der Waals surface area (Å²) in [5, 5.41) is 7.40. The maximum absolute atomic E-state index is 13.1. The van der Waals surface area contributed by atoms with E-state index in [0.29, 0.717) is 16.3 Å². The molecule has 0 aliphatic heterocycles. The monoisotopic (exact) mass is 330 g/mol. The summed E-state index contributed by atoms with van der Waals surface area (Å²) >= 11 is 5.83. The molecule has 0 aliphatic carbocycles. The number of aryl methyl sites for hydroxylation is 1. The molecule has 1 amide bonds. The highest BCUT2D eigenvalue weighted by Crippen LogP contribution is 2.17. The second-order valence-electron chi connectivity index (χ2n) is 4.90. The molecule has 0 atom stereocenters. The molecular weight excluding hydrogens is 319 g/mol. The van der Waals surface area contributed by atoms with Crippen LogP contribution in [-0.4, -0.2) is 20.7 Å². The Bertz CT molecular complexity index is 861. The molecule has 7 heteroatoms. The van der Waals surface area contributed by atoms with E-state index >= 15 is 0 Å². The third kappa shape index (κ3) is 3.37. The summed E-state index contributed by atoms with van der Waals surface area (Å²) in [7, 11) is 0. The van der Waals surface area contributed by atoms with Gasteiger partial charge in [0.1, 0.15) is 12.1 Å². The van der Waals surface area contributed by atoms with Crippen LogP contribution in [-0.2, 0) is 0 Å². The highest BCUT2D eigenvalue weighted by Gasteiger charge is 2.13. The summed E-state index contributed by atoms with van der Waals surface area (Å²) in [5.74, 6) is -0.804. The van der Waals surface area contributed by atoms with E-state index in [9.17, 15) is 9.18 Å². The number of nitrogens with zero attached hydrogens (tertiary/aromatic N) is 3. The van der Waals surface area contributed by atoms with Gasteiger partial charge in [0.2, 0.25) is 5.82 Å². The Kier molecular flexibility index (Phi) is 4.08. The molecule has 5 nitrogen and oxygen atoms in total. The second kappa shape index (κ2) is 6.18. The van der Waals surface area contributed by atoms with E-state index in [4.69, 9.17) is 11.6 Å². The molecule has 0 saturated heterocycles. The zero-order chi connectivity index (χ0) is 16.4. The normalized spacial score (nSPS) is 10.6. The maximum atomic E-state index is 13.1. The fourth-order valence-corrected chi connectivity index (χ4v) is 2.16. The first kappa shape index (κ1) is 15.2. The van der Waals surface area contributed by atoms with E-state index in [-0.39, 0.29) is 11.6 Å². The fourth-order valence-electron chi connectivity index (χ4n) is 2.03. The SMILES string of the molecule is Cc1cc(F)ccc1NC(=O)c1ncn(-c2ccc(Cl)cc2)n1. The van der Waals surface area contributed by atoms with Gasteiger partial charge in [-0.1, -0.05) is 11.6 Å². The van der Waals surface area contributed by atoms with Crippen molar-refractivity contribution in [1.82, 2.24) is 14.8 Å². The Morgan fingerprint density at radius 2 is 1.96 bits per heavy atom. The summed E-state index contributed by atoms with van der Waals surface area (Å²) in [6.45, 7) is 1.71. The lowest BCUT2D eigenvalue weighted by Crippen LogP contribution is -2.15. The zero-order valence-corrected chi connectivity index (χ0v) is 12.9. The van der Waals surface area contributed by atoms with Gasteiger partial charge in [-0.3, -0.25) is 4.79 Å². The van der Waals surface area contributed by atoms with Crippen molar-refractivity contribution in [2.75, 3.05) is 5.32 Å². The molecule has 0 aliphatic rings. The largest absolute Gasteiger partial charge is 0.319 e. The van der Waals surface area contributed by atoms with Gasteiger partial charge < -0.3 is 5.32 Å². The number of amides is 1. The Labute approximate surface area is 136 Å². The number of benzene rings is 2. The molecule has 0 fully saturated rings. The minimum absolute atomic E-state index is 0.0173. The Balaban J connectivity index is 1.79. The van der Waals surface area contributed by atoms with Crippen LogP contribution in [0, 0.1) is 12.7 Å². The lowest BCUT2D eigenvalue weighted by atomic mass is 10.2. The molecule has 23 heavy (non-hydrogen) atoms. The number of carbonyl (C=O) groups excluding carboxylic acids is 1. The van der Waals surface area contributed by atoms with E-state index in [0.717, 1.165) is 5.69 Å². The Hall–Kier alpha value is -2.73. The number of rotatable bonds is 3. The van der Waals surface area contributed by atoms with Gasteiger partial charge in [-0.15, -0.1) is 5.10 Å². The maximum Gasteiger partial charge on any atom is 0.295 e. The van der Waals surface area contributed by atoms with E-state index in [1.807, 2.05) is 0 Å². The third-order valence-corrected chi connectivity index (χ3v) is 3.47. The molecule has 0 radical (unpaired) electrons. The van der Waals surface area contributed by atoms with Crippen molar-refractivity contribution in [1.29, 1.82) is 0 Å². The highest BCUT2D eigenvalue weighted by atomic mass is 35.5. The van der Waals surface area contributed by atoms with Gasteiger partial charge >= 0.3 is 0 Å². The lowest BCUT2D eigenvalue weighted by molar-refractivity contribution is 0.101. The topological polar surface area (TPSA) is 59.8 Å². The van der Waals surface area contributed by atoms with Crippen molar-refractivity contribution in [2.24, 2.45) is 0 Å². The number of halogens is 2. The average Bonchev–Trinajstić information content (AvgIpc) is 3.01. The molecule has 2 aromatic carbocycles. The summed E-state index contributed by atoms with van der Waals surface area (Å²) < 4.78 is 14.6. The first-order valence-electron chi connectivity index (χ1n) is 6.78. The van der Waals surface area contributed by atoms with Crippen LogP contribution in [0.25, 0.3) is 5.69 Å². The average molecular weight is 331 g/mol. The number of carbonyl (C=O) groups is 1. The van der Waals surface area contributed by atoms with Crippen LogP contribution in [0.15, 0.2) is 48.8 Å². The van der Waals surface area contributed by atoms with Gasteiger partial charge in [0, 0.05) is 10.7 Å². The number of nitrogens with one attached hydrogen (secondary N) is 1. The van der Waals surface area contributed by atoms with Crippen molar-refractivity contribution in [3.8, 4) is 5.69 Å². The zero-order valence-electron chi connectivity index (χ0n) is 12.1. The van der Waals surface area contributed by atoms with E-state index in [1.165, 1.54) is 29.2 Å². The number of hydrogen-bond donors (Lipinski definition) is 1. The third-order valence-electron chi connectivity index (χ3n) is 3.22. The summed E-state index contributed by atoms with van der Waals surface area (Å²) in [4.78, 5) is 16.2. The Morgan fingerprint density at radius 1 is 1.22 bits per heavy atom. The van der Waals surface area contributed by atoms with Gasteiger partial charge in [-0.05, 0) is 55.0 Å². The van der Waals surface area contributed by atoms with Gasteiger partial charge in [0.25, 0.3) is 5.91 Å². The van der Waals surface area contributed by atoms with Crippen molar-refractivity contribution < 1.29 is 9.18 Å². The minimum Gasteiger partial charge on any atom is -0.319 e. The molecule has 3 aromatic rings. The molecular formula is C16H12ClFN4O. The van der Waals surface area contributed by atoms with Crippen LogP contribution < -0.4 is 5.32 Å². The molecule has 1 aromatic heterocycles. The van der Waals surface area contributed by atoms with Crippen molar-refractivity contribution in [2.45, 2.75) is 6.92 Å². The van der Waals surface area contributed by atoms with E-state index < -0.39 is 5.91 Å². The van der Waals surface area contributed by atoms with Crippen molar-refractivity contribution in [3.63, 3.8) is 0 Å². The quantitative estimate of drug-likeness (QED) is 0.798. The lowest BCUT2D eigenvalue weighted by Gasteiger charge is -2.06. The van der Waals surface area contributed by atoms with E-state index in [2.05, 4.69) is 15.4 Å². The highest BCUT2D eigenvalue weighted by molar-refractivity contribution is 6.30. The molecule has 1 heterocycles. The van der Waals surface area contributed by atoms with Crippen LogP contribution in [0.3, 0.4) is 0 Å². The predicted octanol–water partition coefficient (Wildman–Crippen LogP) is 3.62. The molecule has 0 bridgehead atoms. The standard InChI is InChI=1S/C16H12ClFN4O/c1-10-8-12(18)4-7-14(10)20-16(23)15-19-9-22(21-15)13-5-2-11(17)3-6-13/h2-9H,1H3,(H,20,23). The van der Waals surface area contributed by atoms with Crippen LogP contribution >= 0.6 is 11.6 Å². The van der Waals surface area contributed by atoms with Gasteiger partial charge in [0.05, 0.1) is 5.69 Å². The fraction of sp³-hybridized carbons (Fsp3) is 0.0625. The van der Waals surface area contributed by atoms with Crippen molar-refractivity contribution >= 4 is 23.2 Å². The van der Waals surface area contributed by atoms with Gasteiger partial charge in [0.15, 0.2) is 0 Å². The molecule has 1 N–H and O–H groups in total. The van der Waals surface area contributed by atoms with Crippen LogP contribution in [0.2, 0.25) is 5.02 Å². The van der Waals surface area contributed by atoms with Gasteiger partial charge in [-0.2, -0.15) is 0 Å². The van der Waals surface area contributed by atoms with Crippen LogP contribution in [0.5, 0.6) is 0 Å². The first-order valence-corrected chi connectivity index (χ1v) is 7.16. The molecule has 0 unspecified atom stereocenters. The predicted molar refractivity (Wildman–Crippen MR) is 85.5 cm³/mol. The summed E-state index contributed by atoms with van der Waals surface area (Å²) in [5.41, 5.74) is 1.87.